The number of ether oxygens (including phenoxy) is 1. The van der Waals surface area contributed by atoms with Crippen molar-refractivity contribution >= 4 is 17.5 Å². The molecular weight excluding hydrogens is 473 g/mol. The van der Waals surface area contributed by atoms with E-state index in [2.05, 4.69) is 5.10 Å². The first kappa shape index (κ1) is 23.9. The van der Waals surface area contributed by atoms with Crippen molar-refractivity contribution in [3.63, 3.8) is 0 Å². The predicted octanol–water partition coefficient (Wildman–Crippen LogP) is 4.40. The predicted molar refractivity (Wildman–Crippen MR) is 126 cm³/mol. The van der Waals surface area contributed by atoms with E-state index in [4.69, 9.17) is 10.5 Å². The van der Waals surface area contributed by atoms with Gasteiger partial charge < -0.3 is 15.4 Å². The normalized spacial score (nSPS) is 16.9. The first-order valence-corrected chi connectivity index (χ1v) is 11.7. The molecule has 5 rings (SSSR count). The number of methoxy groups -OCH3 is 1. The van der Waals surface area contributed by atoms with Crippen molar-refractivity contribution in [2.24, 2.45) is 5.73 Å². The van der Waals surface area contributed by atoms with E-state index in [1.54, 1.807) is 36.4 Å². The second-order valence-corrected chi connectivity index (χ2v) is 9.31. The summed E-state index contributed by atoms with van der Waals surface area (Å²) in [7, 11) is 1.49. The molecule has 0 unspecified atom stereocenters. The van der Waals surface area contributed by atoms with E-state index >= 15 is 0 Å². The molecule has 188 valence electrons. The second kappa shape index (κ2) is 8.69. The summed E-state index contributed by atoms with van der Waals surface area (Å²) in [6.07, 6.45) is -1.67. The lowest BCUT2D eigenvalue weighted by Gasteiger charge is -2.42. The second-order valence-electron chi connectivity index (χ2n) is 9.31. The molecule has 1 aromatic heterocycles. The van der Waals surface area contributed by atoms with Crippen molar-refractivity contribution in [1.29, 1.82) is 0 Å². The standard InChI is InChI=1S/C26H25F3N4O3/c1-36-19-9-7-18(8-10-19)33-22-20(23(31-33)26(27,28)29)11-14-32(24(22)35)17-5-3-16(4-6-17)25(12-2-13-25)15-21(30)34/h3-10H,2,11-15H2,1H3,(H2,30,34). The van der Waals surface area contributed by atoms with Gasteiger partial charge in [-0.05, 0) is 61.2 Å². The number of nitrogens with zero attached hydrogens (tertiary/aromatic N) is 3. The van der Waals surface area contributed by atoms with Crippen LogP contribution in [-0.4, -0.2) is 35.2 Å². The van der Waals surface area contributed by atoms with Gasteiger partial charge in [0.15, 0.2) is 5.69 Å². The fourth-order valence-electron chi connectivity index (χ4n) is 5.24. The Morgan fingerprint density at radius 2 is 1.72 bits per heavy atom. The molecule has 1 aliphatic heterocycles. The number of nitrogens with two attached hydrogens (primary N) is 1. The maximum Gasteiger partial charge on any atom is 0.435 e. The van der Waals surface area contributed by atoms with E-state index in [0.717, 1.165) is 29.5 Å². The Labute approximate surface area is 205 Å². The molecule has 2 aromatic carbocycles. The summed E-state index contributed by atoms with van der Waals surface area (Å²) in [5, 5.41) is 3.82. The van der Waals surface area contributed by atoms with Gasteiger partial charge in [0.1, 0.15) is 11.4 Å². The van der Waals surface area contributed by atoms with E-state index in [1.165, 1.54) is 12.0 Å². The summed E-state index contributed by atoms with van der Waals surface area (Å²) in [4.78, 5) is 26.6. The Balaban J connectivity index is 1.51. The molecule has 1 fully saturated rings. The third-order valence-corrected chi connectivity index (χ3v) is 7.22. The van der Waals surface area contributed by atoms with E-state index < -0.39 is 17.8 Å². The minimum Gasteiger partial charge on any atom is -0.497 e. The van der Waals surface area contributed by atoms with Gasteiger partial charge in [0.05, 0.1) is 12.8 Å². The number of fused-ring (bicyclic) bond motifs is 1. The molecule has 7 nitrogen and oxygen atoms in total. The number of amides is 2. The van der Waals surface area contributed by atoms with Gasteiger partial charge in [-0.15, -0.1) is 0 Å². The summed E-state index contributed by atoms with van der Waals surface area (Å²) in [6, 6.07) is 13.6. The van der Waals surface area contributed by atoms with Gasteiger partial charge in [0.2, 0.25) is 5.91 Å². The third kappa shape index (κ3) is 4.00. The van der Waals surface area contributed by atoms with Gasteiger partial charge in [-0.3, -0.25) is 9.59 Å². The number of carbonyl (C=O) groups is 2. The number of hydrogen-bond acceptors (Lipinski definition) is 4. The summed E-state index contributed by atoms with van der Waals surface area (Å²) in [6.45, 7) is 0.0923. The van der Waals surface area contributed by atoms with Crippen LogP contribution in [0.5, 0.6) is 5.75 Å². The number of benzene rings is 2. The Morgan fingerprint density at radius 3 is 2.25 bits per heavy atom. The van der Waals surface area contributed by atoms with Crippen LogP contribution in [0.25, 0.3) is 5.69 Å². The molecule has 2 amide bonds. The van der Waals surface area contributed by atoms with Gasteiger partial charge >= 0.3 is 6.18 Å². The van der Waals surface area contributed by atoms with Crippen LogP contribution >= 0.6 is 0 Å². The van der Waals surface area contributed by atoms with Crippen molar-refractivity contribution < 1.29 is 27.5 Å². The average molecular weight is 499 g/mol. The van der Waals surface area contributed by atoms with Crippen LogP contribution < -0.4 is 15.4 Å². The first-order chi connectivity index (χ1) is 17.1. The first-order valence-electron chi connectivity index (χ1n) is 11.7. The number of primary amides is 1. The monoisotopic (exact) mass is 498 g/mol. The molecule has 36 heavy (non-hydrogen) atoms. The molecule has 3 aromatic rings. The molecular formula is C26H25F3N4O3. The summed E-state index contributed by atoms with van der Waals surface area (Å²) in [5.41, 5.74) is 5.79. The Bertz CT molecular complexity index is 1310. The van der Waals surface area contributed by atoms with Gasteiger partial charge in [0, 0.05) is 29.6 Å². The quantitative estimate of drug-likeness (QED) is 0.546. The fraction of sp³-hybridized carbons (Fsp3) is 0.346. The highest BCUT2D eigenvalue weighted by molar-refractivity contribution is 6.07. The van der Waals surface area contributed by atoms with Gasteiger partial charge in [-0.25, -0.2) is 4.68 Å². The third-order valence-electron chi connectivity index (χ3n) is 7.22. The number of rotatable bonds is 6. The number of alkyl halides is 3. The zero-order chi connectivity index (χ0) is 25.7. The number of halogens is 3. The van der Waals surface area contributed by atoms with Crippen molar-refractivity contribution in [3.05, 3.63) is 71.0 Å². The van der Waals surface area contributed by atoms with E-state index in [1.807, 2.05) is 12.1 Å². The lowest BCUT2D eigenvalue weighted by molar-refractivity contribution is -0.142. The highest BCUT2D eigenvalue weighted by Crippen LogP contribution is 2.47. The zero-order valence-electron chi connectivity index (χ0n) is 19.6. The van der Waals surface area contributed by atoms with Crippen LogP contribution in [0.2, 0.25) is 0 Å². The van der Waals surface area contributed by atoms with E-state index in [9.17, 15) is 22.8 Å². The van der Waals surface area contributed by atoms with Crippen molar-refractivity contribution in [2.45, 2.75) is 43.7 Å². The van der Waals surface area contributed by atoms with Crippen LogP contribution in [-0.2, 0) is 22.8 Å². The molecule has 1 saturated carbocycles. The smallest absolute Gasteiger partial charge is 0.435 e. The molecule has 0 saturated heterocycles. The SMILES string of the molecule is COc1ccc(-n2nc(C(F)(F)F)c3c2C(=O)N(c2ccc(C4(CC(N)=O)CCC4)cc2)CC3)cc1. The van der Waals surface area contributed by atoms with E-state index in [-0.39, 0.29) is 42.0 Å². The number of anilines is 1. The van der Waals surface area contributed by atoms with Crippen molar-refractivity contribution in [1.82, 2.24) is 9.78 Å². The summed E-state index contributed by atoms with van der Waals surface area (Å²) >= 11 is 0. The molecule has 0 bridgehead atoms. The summed E-state index contributed by atoms with van der Waals surface area (Å²) in [5.74, 6) is -0.382. The molecule has 10 heteroatoms. The highest BCUT2D eigenvalue weighted by Gasteiger charge is 2.44. The van der Waals surface area contributed by atoms with Crippen molar-refractivity contribution in [3.8, 4) is 11.4 Å². The Kier molecular flexibility index (Phi) is 5.77. The molecule has 0 spiro atoms. The molecule has 0 atom stereocenters. The Hall–Kier alpha value is -3.82. The lowest BCUT2D eigenvalue weighted by Crippen LogP contribution is -2.40. The van der Waals surface area contributed by atoms with Crippen LogP contribution in [0, 0.1) is 0 Å². The van der Waals surface area contributed by atoms with E-state index in [0.29, 0.717) is 17.1 Å². The lowest BCUT2D eigenvalue weighted by atomic mass is 9.62. The van der Waals surface area contributed by atoms with Crippen molar-refractivity contribution in [2.75, 3.05) is 18.6 Å². The van der Waals surface area contributed by atoms with Crippen LogP contribution in [0.3, 0.4) is 0 Å². The average Bonchev–Trinajstić information content (AvgIpc) is 3.23. The molecule has 2 N–H and O–H groups in total. The number of hydrogen-bond donors (Lipinski definition) is 1. The highest BCUT2D eigenvalue weighted by atomic mass is 19.4. The van der Waals surface area contributed by atoms with Crippen LogP contribution in [0.1, 0.15) is 53.0 Å². The molecule has 2 heterocycles. The molecule has 0 radical (unpaired) electrons. The minimum atomic E-state index is -4.69. The number of carbonyl (C=O) groups excluding carboxylic acids is 2. The maximum atomic E-state index is 13.8. The topological polar surface area (TPSA) is 90.5 Å². The van der Waals surface area contributed by atoms with Gasteiger partial charge in [-0.2, -0.15) is 18.3 Å². The molecule has 1 aliphatic carbocycles. The van der Waals surface area contributed by atoms with Gasteiger partial charge in [-0.1, -0.05) is 18.6 Å². The maximum absolute atomic E-state index is 13.8. The fourth-order valence-corrected chi connectivity index (χ4v) is 5.24. The van der Waals surface area contributed by atoms with Gasteiger partial charge in [0.25, 0.3) is 5.91 Å². The largest absolute Gasteiger partial charge is 0.497 e. The summed E-state index contributed by atoms with van der Waals surface area (Å²) < 4.78 is 47.6. The van der Waals surface area contributed by atoms with Crippen LogP contribution in [0.15, 0.2) is 48.5 Å². The van der Waals surface area contributed by atoms with Crippen LogP contribution in [0.4, 0.5) is 18.9 Å². The minimum absolute atomic E-state index is 0.0133. The Morgan fingerprint density at radius 1 is 1.08 bits per heavy atom. The molecule has 2 aliphatic rings. The zero-order valence-corrected chi connectivity index (χ0v) is 19.6. The number of aromatic nitrogens is 2.